The number of fused-ring (bicyclic) bond motifs is 1. The van der Waals surface area contributed by atoms with E-state index in [1.54, 1.807) is 0 Å². The Balaban J connectivity index is 0.000000568. The third-order valence-corrected chi connectivity index (χ3v) is 6.76. The summed E-state index contributed by atoms with van der Waals surface area (Å²) in [6.07, 6.45) is 4.20. The van der Waals surface area contributed by atoms with Crippen LogP contribution >= 0.6 is 0 Å². The number of β-amino-alcohol motifs (C(OH)–C–C–N with tert-alkyl or cyclic N) is 1. The van der Waals surface area contributed by atoms with Gasteiger partial charge in [-0.05, 0) is 69.3 Å². The fourth-order valence-electron chi connectivity index (χ4n) is 4.90. The Kier molecular flexibility index (Phi) is 10.5. The van der Waals surface area contributed by atoms with Crippen molar-refractivity contribution < 1.29 is 34.4 Å². The van der Waals surface area contributed by atoms with E-state index in [1.165, 1.54) is 18.4 Å². The average Bonchev–Trinajstić information content (AvgIpc) is 2.89. The number of carbonyl (C=O) groups is 3. The number of aliphatic hydroxyl groups excluding tert-OH is 1. The molecular formula is C28H36N2O7. The van der Waals surface area contributed by atoms with Gasteiger partial charge >= 0.3 is 11.9 Å². The molecule has 0 spiro atoms. The summed E-state index contributed by atoms with van der Waals surface area (Å²) in [4.78, 5) is 34.5. The first-order valence-electron chi connectivity index (χ1n) is 12.7. The normalized spacial score (nSPS) is 16.8. The van der Waals surface area contributed by atoms with Crippen LogP contribution in [0, 0.1) is 5.92 Å². The van der Waals surface area contributed by atoms with E-state index in [0.29, 0.717) is 25.9 Å². The second kappa shape index (κ2) is 13.8. The van der Waals surface area contributed by atoms with Crippen LogP contribution in [0.5, 0.6) is 5.75 Å². The highest BCUT2D eigenvalue weighted by atomic mass is 16.5. The second-order valence-corrected chi connectivity index (χ2v) is 9.40. The molecule has 37 heavy (non-hydrogen) atoms. The van der Waals surface area contributed by atoms with E-state index in [9.17, 15) is 9.90 Å². The monoisotopic (exact) mass is 512 g/mol. The first-order valence-corrected chi connectivity index (χ1v) is 12.7. The molecule has 1 saturated heterocycles. The Morgan fingerprint density at radius 2 is 1.68 bits per heavy atom. The smallest absolute Gasteiger partial charge is 0.414 e. The van der Waals surface area contributed by atoms with E-state index in [4.69, 9.17) is 24.5 Å². The van der Waals surface area contributed by atoms with Gasteiger partial charge in [-0.2, -0.15) is 0 Å². The minimum absolute atomic E-state index is 0.169. The number of nitrogens with zero attached hydrogens (tertiary/aromatic N) is 2. The van der Waals surface area contributed by atoms with Crippen molar-refractivity contribution in [2.45, 2.75) is 45.1 Å². The molecule has 4 rings (SSSR count). The summed E-state index contributed by atoms with van der Waals surface area (Å²) in [7, 11) is 0. The van der Waals surface area contributed by atoms with E-state index in [-0.39, 0.29) is 12.5 Å². The molecule has 0 aromatic heterocycles. The van der Waals surface area contributed by atoms with Crippen molar-refractivity contribution in [3.63, 3.8) is 0 Å². The third kappa shape index (κ3) is 8.30. The fourth-order valence-corrected chi connectivity index (χ4v) is 4.90. The Morgan fingerprint density at radius 3 is 2.30 bits per heavy atom. The topological polar surface area (TPSA) is 128 Å². The molecular weight excluding hydrogens is 476 g/mol. The van der Waals surface area contributed by atoms with E-state index in [0.717, 1.165) is 42.4 Å². The van der Waals surface area contributed by atoms with Crippen molar-refractivity contribution in [2.24, 2.45) is 5.92 Å². The van der Waals surface area contributed by atoms with Gasteiger partial charge in [-0.25, -0.2) is 9.59 Å². The van der Waals surface area contributed by atoms with Crippen LogP contribution in [0.25, 0.3) is 0 Å². The first kappa shape index (κ1) is 28.1. The van der Waals surface area contributed by atoms with Gasteiger partial charge in [0.1, 0.15) is 18.5 Å². The van der Waals surface area contributed by atoms with Gasteiger partial charge in [0.15, 0.2) is 0 Å². The van der Waals surface area contributed by atoms with E-state index >= 15 is 0 Å². The third-order valence-electron chi connectivity index (χ3n) is 6.76. The van der Waals surface area contributed by atoms with Crippen molar-refractivity contribution in [3.05, 3.63) is 59.7 Å². The number of aliphatic hydroxyl groups is 1. The number of carboxylic acid groups (broad SMARTS) is 2. The number of carboxylic acids is 2. The molecule has 3 N–H and O–H groups in total. The van der Waals surface area contributed by atoms with Crippen molar-refractivity contribution in [3.8, 4) is 5.75 Å². The molecule has 2 heterocycles. The molecule has 1 atom stereocenters. The highest BCUT2D eigenvalue weighted by Gasteiger charge is 2.26. The standard InChI is InChI=1S/C26H34N2O3.C2H2O4/c1-2-28-24-9-6-10-25(23(24)11-12-26(28)30)31-19-22(29)18-27-15-13-21(14-16-27)17-20-7-4-3-5-8-20;3-1(4)2(5)6/h3-10,21-22,29H,2,11-19H2,1H3;(H,3,4)(H,5,6). The highest BCUT2D eigenvalue weighted by Crippen LogP contribution is 2.34. The molecule has 2 aliphatic heterocycles. The van der Waals surface area contributed by atoms with E-state index in [1.807, 2.05) is 30.0 Å². The molecule has 1 fully saturated rings. The summed E-state index contributed by atoms with van der Waals surface area (Å²) < 4.78 is 6.02. The number of hydrogen-bond acceptors (Lipinski definition) is 6. The molecule has 0 radical (unpaired) electrons. The summed E-state index contributed by atoms with van der Waals surface area (Å²) >= 11 is 0. The summed E-state index contributed by atoms with van der Waals surface area (Å²) in [5, 5.41) is 25.4. The lowest BCUT2D eigenvalue weighted by Gasteiger charge is -2.33. The van der Waals surface area contributed by atoms with Gasteiger partial charge in [-0.1, -0.05) is 36.4 Å². The van der Waals surface area contributed by atoms with Crippen LogP contribution in [0.3, 0.4) is 0 Å². The molecule has 1 amide bonds. The Morgan fingerprint density at radius 1 is 1.00 bits per heavy atom. The summed E-state index contributed by atoms with van der Waals surface area (Å²) in [5.74, 6) is -1.95. The quantitative estimate of drug-likeness (QED) is 0.461. The lowest BCUT2D eigenvalue weighted by Crippen LogP contribution is -2.41. The zero-order chi connectivity index (χ0) is 26.8. The number of likely N-dealkylation sites (tertiary alicyclic amines) is 1. The molecule has 0 saturated carbocycles. The molecule has 0 aliphatic carbocycles. The minimum Gasteiger partial charge on any atom is -0.490 e. The number of rotatable bonds is 8. The van der Waals surface area contributed by atoms with Crippen LogP contribution < -0.4 is 9.64 Å². The van der Waals surface area contributed by atoms with Crippen LogP contribution in [-0.4, -0.2) is 77.0 Å². The number of amides is 1. The molecule has 0 bridgehead atoms. The number of hydrogen-bond donors (Lipinski definition) is 3. The van der Waals surface area contributed by atoms with Gasteiger partial charge in [0.25, 0.3) is 0 Å². The Labute approximate surface area is 217 Å². The average molecular weight is 513 g/mol. The summed E-state index contributed by atoms with van der Waals surface area (Å²) in [6.45, 7) is 5.64. The van der Waals surface area contributed by atoms with Gasteiger partial charge in [0.05, 0.1) is 5.69 Å². The maximum atomic E-state index is 12.2. The molecule has 2 aliphatic rings. The number of piperidine rings is 1. The van der Waals surface area contributed by atoms with Crippen LogP contribution in [0.1, 0.15) is 37.3 Å². The number of aliphatic carboxylic acids is 2. The summed E-state index contributed by atoms with van der Waals surface area (Å²) in [6, 6.07) is 16.6. The predicted octanol–water partition coefficient (Wildman–Crippen LogP) is 2.84. The number of ether oxygens (including phenoxy) is 1. The molecule has 2 aromatic carbocycles. The maximum Gasteiger partial charge on any atom is 0.414 e. The first-order chi connectivity index (χ1) is 17.8. The van der Waals surface area contributed by atoms with Gasteiger partial charge in [-0.15, -0.1) is 0 Å². The molecule has 2 aromatic rings. The predicted molar refractivity (Wildman–Crippen MR) is 139 cm³/mol. The highest BCUT2D eigenvalue weighted by molar-refractivity contribution is 6.27. The van der Waals surface area contributed by atoms with Crippen molar-refractivity contribution >= 4 is 23.5 Å². The lowest BCUT2D eigenvalue weighted by molar-refractivity contribution is -0.159. The second-order valence-electron chi connectivity index (χ2n) is 9.40. The number of carbonyl (C=O) groups excluding carboxylic acids is 1. The lowest BCUT2D eigenvalue weighted by atomic mass is 9.90. The van der Waals surface area contributed by atoms with Gasteiger partial charge < -0.3 is 29.9 Å². The molecule has 200 valence electrons. The minimum atomic E-state index is -1.82. The number of anilines is 1. The summed E-state index contributed by atoms with van der Waals surface area (Å²) in [5.41, 5.74) is 3.45. The Bertz CT molecular complexity index is 1040. The zero-order valence-corrected chi connectivity index (χ0v) is 21.2. The van der Waals surface area contributed by atoms with Crippen LogP contribution in [0.15, 0.2) is 48.5 Å². The SMILES string of the molecule is CCN1C(=O)CCc2c(OCC(O)CN3CCC(Cc4ccccc4)CC3)cccc21.O=C(O)C(=O)O. The van der Waals surface area contributed by atoms with Gasteiger partial charge in [0.2, 0.25) is 5.91 Å². The largest absolute Gasteiger partial charge is 0.490 e. The molecule has 9 nitrogen and oxygen atoms in total. The van der Waals surface area contributed by atoms with Crippen molar-refractivity contribution in [1.29, 1.82) is 0 Å². The van der Waals surface area contributed by atoms with Crippen molar-refractivity contribution in [2.75, 3.05) is 37.7 Å². The fraction of sp³-hybridized carbons (Fsp3) is 0.464. The molecule has 9 heteroatoms. The van der Waals surface area contributed by atoms with Crippen LogP contribution in [0.4, 0.5) is 5.69 Å². The number of benzene rings is 2. The van der Waals surface area contributed by atoms with E-state index < -0.39 is 18.0 Å². The van der Waals surface area contributed by atoms with Crippen LogP contribution in [0.2, 0.25) is 0 Å². The van der Waals surface area contributed by atoms with Crippen molar-refractivity contribution in [1.82, 2.24) is 4.90 Å². The van der Waals surface area contributed by atoms with E-state index in [2.05, 4.69) is 35.2 Å². The van der Waals surface area contributed by atoms with Gasteiger partial charge in [-0.3, -0.25) is 4.79 Å². The van der Waals surface area contributed by atoms with Gasteiger partial charge in [0, 0.05) is 25.1 Å². The maximum absolute atomic E-state index is 12.2. The zero-order valence-electron chi connectivity index (χ0n) is 21.2. The molecule has 1 unspecified atom stereocenters. The Hall–Kier alpha value is -3.43. The van der Waals surface area contributed by atoms with Crippen LogP contribution in [-0.2, 0) is 27.2 Å².